The van der Waals surface area contributed by atoms with E-state index in [4.69, 9.17) is 28.4 Å². The van der Waals surface area contributed by atoms with E-state index in [1.165, 1.54) is 0 Å². The van der Waals surface area contributed by atoms with Gasteiger partial charge >= 0.3 is 5.97 Å². The number of nitrogens with one attached hydrogen (secondary N) is 1. The van der Waals surface area contributed by atoms with Gasteiger partial charge < -0.3 is 89.9 Å². The van der Waals surface area contributed by atoms with Crippen molar-refractivity contribution in [1.82, 2.24) is 5.32 Å². The lowest BCUT2D eigenvalue weighted by Gasteiger charge is -2.50. The van der Waals surface area contributed by atoms with E-state index in [1.54, 1.807) is 0 Å². The average Bonchev–Trinajstić information content (AvgIpc) is 2.98. The van der Waals surface area contributed by atoms with Gasteiger partial charge in [-0.1, -0.05) is 0 Å². The van der Waals surface area contributed by atoms with Crippen LogP contribution in [0.5, 0.6) is 0 Å². The van der Waals surface area contributed by atoms with E-state index < -0.39 is 136 Å². The highest BCUT2D eigenvalue weighted by Crippen LogP contribution is 2.37. The second-order valence-electron chi connectivity index (χ2n) is 10.8. The minimum absolute atomic E-state index is 0.640. The number of carbonyl (C=O) groups excluding carboxylic acids is 1. The molecular formula is C24H41NO19. The van der Waals surface area contributed by atoms with Crippen molar-refractivity contribution in [1.29, 1.82) is 0 Å². The second-order valence-corrected chi connectivity index (χ2v) is 10.8. The van der Waals surface area contributed by atoms with Gasteiger partial charge in [0.1, 0.15) is 67.1 Å². The number of carboxylic acid groups (broad SMARTS) is 1. The quantitative estimate of drug-likeness (QED) is 0.0935. The maximum Gasteiger partial charge on any atom is 0.364 e. The summed E-state index contributed by atoms with van der Waals surface area (Å²) < 4.78 is 32.2. The average molecular weight is 648 g/mol. The Balaban J connectivity index is 1.87. The van der Waals surface area contributed by atoms with E-state index >= 15 is 0 Å². The van der Waals surface area contributed by atoms with Gasteiger partial charge in [-0.15, -0.1) is 0 Å². The van der Waals surface area contributed by atoms with Gasteiger partial charge in [-0.3, -0.25) is 4.79 Å². The molecule has 3 heterocycles. The molecule has 16 atom stereocenters. The standard InChI is InChI=1S/C24H41NO19/c1-7(28)25-12-8(29)3-24(23(37)38,43-19(12)13(31)9(30)4-26)44-20-15(33)10(5-27)41-22(18(20)36)40-6-11-14(32)16(34)17(35)21(39-2)42-11/h8-22,26-27,29-36H,3-6H2,1-2H3,(H,25,28)(H,37,38)/t8-,9+,10+,11+,12+,13+,14+,15-,16-,17+,18+,19+,20-,21-,22+,24-/m0/s1. The third-order valence-corrected chi connectivity index (χ3v) is 7.66. The number of carbonyl (C=O) groups is 2. The summed E-state index contributed by atoms with van der Waals surface area (Å²) in [5.74, 6) is -5.64. The molecule has 0 saturated carbocycles. The van der Waals surface area contributed by atoms with Crippen LogP contribution in [0.1, 0.15) is 13.3 Å². The van der Waals surface area contributed by atoms with Crippen molar-refractivity contribution in [3.05, 3.63) is 0 Å². The molecule has 0 bridgehead atoms. The zero-order valence-electron chi connectivity index (χ0n) is 23.7. The number of amides is 1. The Bertz CT molecular complexity index is 958. The molecule has 3 fully saturated rings. The molecule has 0 aromatic heterocycles. The lowest BCUT2D eigenvalue weighted by molar-refractivity contribution is -0.373. The maximum absolute atomic E-state index is 12.5. The highest BCUT2D eigenvalue weighted by atomic mass is 16.8. The lowest BCUT2D eigenvalue weighted by Crippen LogP contribution is -2.70. The number of aliphatic carboxylic acids is 1. The van der Waals surface area contributed by atoms with E-state index in [0.29, 0.717) is 0 Å². The molecule has 0 unspecified atom stereocenters. The van der Waals surface area contributed by atoms with E-state index in [0.717, 1.165) is 14.0 Å². The Hall–Kier alpha value is -1.70. The molecule has 0 aliphatic carbocycles. The van der Waals surface area contributed by atoms with Crippen LogP contribution in [-0.2, 0) is 38.0 Å². The fourth-order valence-electron chi connectivity index (χ4n) is 5.24. The summed E-state index contributed by atoms with van der Waals surface area (Å²) >= 11 is 0. The predicted molar refractivity (Wildman–Crippen MR) is 135 cm³/mol. The molecule has 3 saturated heterocycles. The van der Waals surface area contributed by atoms with Crippen molar-refractivity contribution >= 4 is 11.9 Å². The topological polar surface area (TPSA) is 324 Å². The Morgan fingerprint density at radius 2 is 1.57 bits per heavy atom. The fraction of sp³-hybridized carbons (Fsp3) is 0.917. The normalized spacial score (nSPS) is 44.5. The summed E-state index contributed by atoms with van der Waals surface area (Å²) in [4.78, 5) is 24.3. The van der Waals surface area contributed by atoms with Crippen LogP contribution in [0.25, 0.3) is 0 Å². The minimum atomic E-state index is -2.97. The van der Waals surface area contributed by atoms with Gasteiger partial charge in [0.15, 0.2) is 12.6 Å². The summed E-state index contributed by atoms with van der Waals surface area (Å²) in [5, 5.41) is 115. The summed E-state index contributed by atoms with van der Waals surface area (Å²) in [7, 11) is 1.16. The van der Waals surface area contributed by atoms with Gasteiger partial charge in [0, 0.05) is 20.5 Å². The largest absolute Gasteiger partial charge is 0.477 e. The first-order valence-corrected chi connectivity index (χ1v) is 13.6. The van der Waals surface area contributed by atoms with Crippen molar-refractivity contribution in [3.63, 3.8) is 0 Å². The van der Waals surface area contributed by atoms with Crippen LogP contribution in [0.15, 0.2) is 0 Å². The first-order valence-electron chi connectivity index (χ1n) is 13.6. The number of hydrogen-bond acceptors (Lipinski definition) is 18. The molecule has 12 N–H and O–H groups in total. The van der Waals surface area contributed by atoms with Crippen LogP contribution in [0, 0.1) is 0 Å². The highest BCUT2D eigenvalue weighted by molar-refractivity contribution is 5.76. The maximum atomic E-state index is 12.5. The Morgan fingerprint density at radius 3 is 2.11 bits per heavy atom. The molecule has 44 heavy (non-hydrogen) atoms. The fourth-order valence-corrected chi connectivity index (χ4v) is 5.24. The van der Waals surface area contributed by atoms with Gasteiger partial charge in [0.2, 0.25) is 5.91 Å². The molecule has 0 aromatic rings. The SMILES string of the molecule is CO[C@H]1O[C@H](CO[C@@H]2O[C@H](CO)[C@H](O)[C@H](O[C@]3(C(=O)O)C[C@H](O)[C@@H](NC(C)=O)[C@H]([C@H](O)[C@H](O)CO)O3)[C@H]2O)[C@@H](O)[C@H](O)[C@H]1O. The number of methoxy groups -OCH3 is 1. The zero-order valence-corrected chi connectivity index (χ0v) is 23.7. The van der Waals surface area contributed by atoms with Gasteiger partial charge in [0.05, 0.1) is 32.0 Å². The van der Waals surface area contributed by atoms with Crippen LogP contribution in [0.4, 0.5) is 0 Å². The van der Waals surface area contributed by atoms with E-state index in [2.05, 4.69) is 5.32 Å². The monoisotopic (exact) mass is 647 g/mol. The third-order valence-electron chi connectivity index (χ3n) is 7.66. The van der Waals surface area contributed by atoms with Crippen molar-refractivity contribution in [2.45, 2.75) is 111 Å². The van der Waals surface area contributed by atoms with Gasteiger partial charge in [-0.05, 0) is 0 Å². The Morgan fingerprint density at radius 1 is 0.932 bits per heavy atom. The Labute approximate surface area is 249 Å². The van der Waals surface area contributed by atoms with Crippen LogP contribution in [-0.4, -0.2) is 193 Å². The van der Waals surface area contributed by atoms with Gasteiger partial charge in [-0.2, -0.15) is 0 Å². The molecule has 0 radical (unpaired) electrons. The number of carboxylic acids is 1. The summed E-state index contributed by atoms with van der Waals surface area (Å²) in [6, 6.07) is -1.52. The van der Waals surface area contributed by atoms with Crippen molar-refractivity contribution in [3.8, 4) is 0 Å². The van der Waals surface area contributed by atoms with Crippen LogP contribution >= 0.6 is 0 Å². The molecule has 20 heteroatoms. The number of rotatable bonds is 12. The summed E-state index contributed by atoms with van der Waals surface area (Å²) in [5.41, 5.74) is 0. The molecule has 20 nitrogen and oxygen atoms in total. The van der Waals surface area contributed by atoms with Gasteiger partial charge in [-0.25, -0.2) is 4.79 Å². The molecule has 3 rings (SSSR count). The van der Waals surface area contributed by atoms with Crippen LogP contribution < -0.4 is 5.32 Å². The number of ether oxygens (including phenoxy) is 6. The molecule has 0 aromatic carbocycles. The van der Waals surface area contributed by atoms with Crippen LogP contribution in [0.2, 0.25) is 0 Å². The van der Waals surface area contributed by atoms with E-state index in [9.17, 15) is 65.8 Å². The lowest BCUT2D eigenvalue weighted by atomic mass is 9.88. The molecular weight excluding hydrogens is 606 g/mol. The van der Waals surface area contributed by atoms with Crippen LogP contribution in [0.3, 0.4) is 0 Å². The first-order chi connectivity index (χ1) is 20.6. The second kappa shape index (κ2) is 15.3. The molecule has 3 aliphatic rings. The highest BCUT2D eigenvalue weighted by Gasteiger charge is 2.59. The number of aliphatic hydroxyl groups is 10. The van der Waals surface area contributed by atoms with Gasteiger partial charge in [0.25, 0.3) is 5.79 Å². The third kappa shape index (κ3) is 7.63. The molecule has 3 aliphatic heterocycles. The van der Waals surface area contributed by atoms with Crippen molar-refractivity contribution < 1.29 is 94.2 Å². The minimum Gasteiger partial charge on any atom is -0.477 e. The summed E-state index contributed by atoms with van der Waals surface area (Å²) in [6.45, 7) is -1.53. The number of hydrogen-bond donors (Lipinski definition) is 12. The molecule has 256 valence electrons. The zero-order chi connectivity index (χ0) is 33.1. The first kappa shape index (κ1) is 36.8. The Kier molecular flexibility index (Phi) is 12.8. The molecule has 0 spiro atoms. The number of aliphatic hydroxyl groups excluding tert-OH is 10. The predicted octanol–water partition coefficient (Wildman–Crippen LogP) is -7.57. The summed E-state index contributed by atoms with van der Waals surface area (Å²) in [6.07, 6.45) is -25.9. The van der Waals surface area contributed by atoms with E-state index in [-0.39, 0.29) is 0 Å². The van der Waals surface area contributed by atoms with Crippen molar-refractivity contribution in [2.24, 2.45) is 0 Å². The molecule has 1 amide bonds. The van der Waals surface area contributed by atoms with Crippen molar-refractivity contribution in [2.75, 3.05) is 26.9 Å². The smallest absolute Gasteiger partial charge is 0.364 e. The van der Waals surface area contributed by atoms with E-state index in [1.807, 2.05) is 0 Å².